The van der Waals surface area contributed by atoms with Crippen LogP contribution in [-0.4, -0.2) is 48.9 Å². The summed E-state index contributed by atoms with van der Waals surface area (Å²) in [5.41, 5.74) is 1.11. The molecule has 1 fully saturated rings. The van der Waals surface area contributed by atoms with Crippen LogP contribution in [0.4, 0.5) is 5.69 Å². The van der Waals surface area contributed by atoms with Crippen LogP contribution in [0.2, 0.25) is 0 Å². The number of hydrogen-bond donors (Lipinski definition) is 0. The fourth-order valence-electron chi connectivity index (χ4n) is 2.75. The molecule has 2 rings (SSSR count). The lowest BCUT2D eigenvalue weighted by Crippen LogP contribution is -2.35. The molecule has 0 radical (unpaired) electrons. The van der Waals surface area contributed by atoms with Gasteiger partial charge in [0.2, 0.25) is 5.91 Å². The molecule has 1 aliphatic rings. The molecule has 0 aliphatic carbocycles. The van der Waals surface area contributed by atoms with Crippen LogP contribution in [0.25, 0.3) is 0 Å². The van der Waals surface area contributed by atoms with Gasteiger partial charge in [-0.25, -0.2) is 4.79 Å². The highest BCUT2D eigenvalue weighted by Gasteiger charge is 2.20. The standard InChI is InChI=1S/C20H24N2O4/c1-3-12-21(13-4-2)19(24)15-26-20(25)16-8-10-17(11-9-16)22-14-6-5-7-18(22)23/h3-4,8-11H,1-2,5-7,12-15H2. The van der Waals surface area contributed by atoms with E-state index in [2.05, 4.69) is 13.2 Å². The van der Waals surface area contributed by atoms with Gasteiger partial charge in [0.25, 0.3) is 5.91 Å². The van der Waals surface area contributed by atoms with Gasteiger partial charge in [-0.1, -0.05) is 12.2 Å². The minimum Gasteiger partial charge on any atom is -0.452 e. The maximum atomic E-state index is 12.1. The number of rotatable bonds is 8. The third kappa shape index (κ3) is 5.05. The van der Waals surface area contributed by atoms with E-state index in [-0.39, 0.29) is 18.4 Å². The zero-order valence-corrected chi connectivity index (χ0v) is 14.9. The second-order valence-electron chi connectivity index (χ2n) is 6.00. The molecule has 138 valence electrons. The zero-order valence-electron chi connectivity index (χ0n) is 14.9. The normalized spacial score (nSPS) is 13.8. The van der Waals surface area contributed by atoms with Crippen molar-refractivity contribution in [2.45, 2.75) is 19.3 Å². The summed E-state index contributed by atoms with van der Waals surface area (Å²) in [7, 11) is 0. The van der Waals surface area contributed by atoms with E-state index >= 15 is 0 Å². The van der Waals surface area contributed by atoms with Crippen LogP contribution in [0.3, 0.4) is 0 Å². The van der Waals surface area contributed by atoms with Gasteiger partial charge in [0, 0.05) is 31.7 Å². The molecule has 1 aromatic rings. The van der Waals surface area contributed by atoms with Crippen molar-refractivity contribution >= 4 is 23.5 Å². The second kappa shape index (κ2) is 9.56. The van der Waals surface area contributed by atoms with Gasteiger partial charge in [-0.05, 0) is 37.1 Å². The van der Waals surface area contributed by atoms with Crippen molar-refractivity contribution in [2.24, 2.45) is 0 Å². The molecule has 1 heterocycles. The van der Waals surface area contributed by atoms with Gasteiger partial charge in [-0.3, -0.25) is 9.59 Å². The van der Waals surface area contributed by atoms with E-state index in [4.69, 9.17) is 4.74 Å². The first-order valence-corrected chi connectivity index (χ1v) is 8.64. The Hall–Kier alpha value is -2.89. The second-order valence-corrected chi connectivity index (χ2v) is 6.00. The number of carbonyl (C=O) groups is 3. The highest BCUT2D eigenvalue weighted by atomic mass is 16.5. The first-order valence-electron chi connectivity index (χ1n) is 8.64. The Bertz CT molecular complexity index is 672. The van der Waals surface area contributed by atoms with Crippen molar-refractivity contribution in [1.82, 2.24) is 4.90 Å². The van der Waals surface area contributed by atoms with Gasteiger partial charge in [0.05, 0.1) is 5.56 Å². The molecular formula is C20H24N2O4. The number of esters is 1. The minimum atomic E-state index is -0.577. The van der Waals surface area contributed by atoms with Gasteiger partial charge in [0.15, 0.2) is 6.61 Å². The number of anilines is 1. The van der Waals surface area contributed by atoms with Gasteiger partial charge in [0.1, 0.15) is 0 Å². The summed E-state index contributed by atoms with van der Waals surface area (Å²) in [6.07, 6.45) is 5.65. The van der Waals surface area contributed by atoms with Gasteiger partial charge in [-0.2, -0.15) is 0 Å². The number of ether oxygens (including phenoxy) is 1. The van der Waals surface area contributed by atoms with E-state index in [1.807, 2.05) is 0 Å². The van der Waals surface area contributed by atoms with Crippen LogP contribution in [0, 0.1) is 0 Å². The molecule has 6 nitrogen and oxygen atoms in total. The number of benzene rings is 1. The average molecular weight is 356 g/mol. The van der Waals surface area contributed by atoms with Crippen molar-refractivity contribution in [3.05, 3.63) is 55.1 Å². The lowest BCUT2D eigenvalue weighted by molar-refractivity contribution is -0.133. The van der Waals surface area contributed by atoms with Crippen molar-refractivity contribution < 1.29 is 19.1 Å². The molecule has 2 amide bonds. The van der Waals surface area contributed by atoms with E-state index in [0.717, 1.165) is 18.5 Å². The maximum Gasteiger partial charge on any atom is 0.338 e. The summed E-state index contributed by atoms with van der Waals surface area (Å²) in [5, 5.41) is 0. The van der Waals surface area contributed by atoms with E-state index in [9.17, 15) is 14.4 Å². The molecule has 0 spiro atoms. The molecule has 0 bridgehead atoms. The fraction of sp³-hybridized carbons (Fsp3) is 0.350. The number of nitrogens with zero attached hydrogens (tertiary/aromatic N) is 2. The first-order chi connectivity index (χ1) is 12.6. The van der Waals surface area contributed by atoms with Crippen LogP contribution in [0.5, 0.6) is 0 Å². The molecule has 26 heavy (non-hydrogen) atoms. The van der Waals surface area contributed by atoms with E-state index in [1.165, 1.54) is 4.90 Å². The Morgan fingerprint density at radius 3 is 2.35 bits per heavy atom. The van der Waals surface area contributed by atoms with Crippen molar-refractivity contribution in [2.75, 3.05) is 31.1 Å². The zero-order chi connectivity index (χ0) is 18.9. The minimum absolute atomic E-state index is 0.0988. The molecule has 0 saturated carbocycles. The van der Waals surface area contributed by atoms with E-state index in [1.54, 1.807) is 41.3 Å². The van der Waals surface area contributed by atoms with Crippen LogP contribution < -0.4 is 4.90 Å². The summed E-state index contributed by atoms with van der Waals surface area (Å²) >= 11 is 0. The molecular weight excluding hydrogens is 332 g/mol. The van der Waals surface area contributed by atoms with Crippen molar-refractivity contribution in [1.29, 1.82) is 0 Å². The summed E-state index contributed by atoms with van der Waals surface area (Å²) in [4.78, 5) is 39.3. The summed E-state index contributed by atoms with van der Waals surface area (Å²) in [6, 6.07) is 6.66. The van der Waals surface area contributed by atoms with Gasteiger partial charge >= 0.3 is 5.97 Å². The maximum absolute atomic E-state index is 12.1. The van der Waals surface area contributed by atoms with Crippen molar-refractivity contribution in [3.8, 4) is 0 Å². The number of hydrogen-bond acceptors (Lipinski definition) is 4. The van der Waals surface area contributed by atoms with E-state index < -0.39 is 5.97 Å². The third-order valence-electron chi connectivity index (χ3n) is 4.12. The van der Waals surface area contributed by atoms with Crippen LogP contribution in [0.1, 0.15) is 29.6 Å². The first kappa shape index (κ1) is 19.4. The summed E-state index contributed by atoms with van der Waals surface area (Å²) < 4.78 is 5.09. The Balaban J connectivity index is 1.93. The Kier molecular flexibility index (Phi) is 7.14. The molecule has 0 unspecified atom stereocenters. The molecule has 1 saturated heterocycles. The van der Waals surface area contributed by atoms with Crippen LogP contribution >= 0.6 is 0 Å². The monoisotopic (exact) mass is 356 g/mol. The number of carbonyl (C=O) groups excluding carboxylic acids is 3. The van der Waals surface area contributed by atoms with Crippen molar-refractivity contribution in [3.63, 3.8) is 0 Å². The Morgan fingerprint density at radius 2 is 1.77 bits per heavy atom. The Morgan fingerprint density at radius 1 is 1.12 bits per heavy atom. The topological polar surface area (TPSA) is 66.9 Å². The third-order valence-corrected chi connectivity index (χ3v) is 4.12. The smallest absolute Gasteiger partial charge is 0.338 e. The highest BCUT2D eigenvalue weighted by Crippen LogP contribution is 2.21. The summed E-state index contributed by atoms with van der Waals surface area (Å²) in [6.45, 7) is 8.27. The molecule has 0 aromatic heterocycles. The molecule has 1 aromatic carbocycles. The highest BCUT2D eigenvalue weighted by molar-refractivity contribution is 5.95. The Labute approximate surface area is 153 Å². The van der Waals surface area contributed by atoms with E-state index in [0.29, 0.717) is 31.6 Å². The van der Waals surface area contributed by atoms with Gasteiger partial charge in [-0.15, -0.1) is 13.2 Å². The van der Waals surface area contributed by atoms with Crippen LogP contribution in [-0.2, 0) is 14.3 Å². The predicted molar refractivity (Wildman–Crippen MR) is 99.9 cm³/mol. The number of amides is 2. The quantitative estimate of drug-likeness (QED) is 0.530. The number of piperidine rings is 1. The average Bonchev–Trinajstić information content (AvgIpc) is 2.66. The molecule has 0 atom stereocenters. The SMILES string of the molecule is C=CCN(CC=C)C(=O)COC(=O)c1ccc(N2CCCCC2=O)cc1. The lowest BCUT2D eigenvalue weighted by atomic mass is 10.1. The summed E-state index contributed by atoms with van der Waals surface area (Å²) in [5.74, 6) is -0.789. The fourth-order valence-corrected chi connectivity index (χ4v) is 2.75. The molecule has 1 aliphatic heterocycles. The molecule has 0 N–H and O–H groups in total. The largest absolute Gasteiger partial charge is 0.452 e. The predicted octanol–water partition coefficient (Wildman–Crippen LogP) is 2.56. The molecule has 6 heteroatoms. The van der Waals surface area contributed by atoms with Crippen LogP contribution in [0.15, 0.2) is 49.6 Å². The van der Waals surface area contributed by atoms with Gasteiger partial charge < -0.3 is 14.5 Å². The lowest BCUT2D eigenvalue weighted by Gasteiger charge is -2.26.